The van der Waals surface area contributed by atoms with Crippen LogP contribution in [0.2, 0.25) is 0 Å². The standard InChI is InChI=1S/C19H16BrN3O2/c1-10-7-14-16(9-15(10)20)21-19(25)17(14)22-23-18(24)13-8-12(13)11-5-3-2-4-6-11/h2-7,9,12-13,21,25H,8H2,1H3. The maximum Gasteiger partial charge on any atom is 0.268 e. The van der Waals surface area contributed by atoms with Crippen molar-refractivity contribution in [2.24, 2.45) is 16.1 Å². The number of azo groups is 1. The normalized spacial score (nSPS) is 19.6. The number of halogens is 1. The van der Waals surface area contributed by atoms with Crippen molar-refractivity contribution in [2.75, 3.05) is 0 Å². The van der Waals surface area contributed by atoms with E-state index >= 15 is 0 Å². The molecule has 1 saturated carbocycles. The van der Waals surface area contributed by atoms with Crippen LogP contribution in [0.4, 0.5) is 5.69 Å². The molecule has 0 saturated heterocycles. The lowest BCUT2D eigenvalue weighted by atomic mass is 10.1. The zero-order chi connectivity index (χ0) is 17.6. The molecule has 25 heavy (non-hydrogen) atoms. The molecule has 0 spiro atoms. The molecule has 5 nitrogen and oxygen atoms in total. The fourth-order valence-electron chi connectivity index (χ4n) is 3.11. The molecule has 126 valence electrons. The molecule has 2 N–H and O–H groups in total. The number of carbonyl (C=O) groups is 1. The van der Waals surface area contributed by atoms with E-state index in [0.717, 1.165) is 32.9 Å². The van der Waals surface area contributed by atoms with Gasteiger partial charge in [-0.25, -0.2) is 0 Å². The van der Waals surface area contributed by atoms with Gasteiger partial charge in [-0.2, -0.15) is 0 Å². The Hall–Kier alpha value is -2.47. The van der Waals surface area contributed by atoms with Gasteiger partial charge in [0.15, 0.2) is 5.69 Å². The van der Waals surface area contributed by atoms with Gasteiger partial charge >= 0.3 is 0 Å². The topological polar surface area (TPSA) is 77.8 Å². The molecule has 1 aromatic heterocycles. The van der Waals surface area contributed by atoms with E-state index in [2.05, 4.69) is 31.1 Å². The van der Waals surface area contributed by atoms with E-state index < -0.39 is 0 Å². The zero-order valence-corrected chi connectivity index (χ0v) is 15.1. The molecule has 0 aliphatic heterocycles. The van der Waals surface area contributed by atoms with Crippen molar-refractivity contribution in [1.29, 1.82) is 0 Å². The van der Waals surface area contributed by atoms with Gasteiger partial charge in [-0.05, 0) is 42.5 Å². The fraction of sp³-hybridized carbons (Fsp3) is 0.211. The number of nitrogens with one attached hydrogen (secondary N) is 1. The van der Waals surface area contributed by atoms with E-state index in [9.17, 15) is 9.90 Å². The third-order valence-electron chi connectivity index (χ3n) is 4.62. The van der Waals surface area contributed by atoms with Crippen LogP contribution in [0.3, 0.4) is 0 Å². The summed E-state index contributed by atoms with van der Waals surface area (Å²) in [6.07, 6.45) is 0.799. The molecular weight excluding hydrogens is 382 g/mol. The molecule has 4 rings (SSSR count). The van der Waals surface area contributed by atoms with Gasteiger partial charge in [-0.1, -0.05) is 46.3 Å². The molecule has 1 aliphatic carbocycles. The predicted octanol–water partition coefficient (Wildman–Crippen LogP) is 5.36. The highest BCUT2D eigenvalue weighted by atomic mass is 79.9. The molecule has 1 aliphatic rings. The number of rotatable bonds is 3. The summed E-state index contributed by atoms with van der Waals surface area (Å²) in [5.74, 6) is -0.215. The van der Waals surface area contributed by atoms with Gasteiger partial charge < -0.3 is 10.1 Å². The Balaban J connectivity index is 1.56. The van der Waals surface area contributed by atoms with Crippen molar-refractivity contribution in [3.05, 3.63) is 58.1 Å². The van der Waals surface area contributed by atoms with Crippen molar-refractivity contribution < 1.29 is 9.90 Å². The smallest absolute Gasteiger partial charge is 0.268 e. The van der Waals surface area contributed by atoms with Crippen LogP contribution < -0.4 is 0 Å². The number of hydrogen-bond acceptors (Lipinski definition) is 3. The van der Waals surface area contributed by atoms with Gasteiger partial charge in [0, 0.05) is 15.8 Å². The summed E-state index contributed by atoms with van der Waals surface area (Å²) in [6.45, 7) is 1.95. The average molecular weight is 398 g/mol. The Labute approximate surface area is 152 Å². The fourth-order valence-corrected chi connectivity index (χ4v) is 3.45. The van der Waals surface area contributed by atoms with E-state index in [-0.39, 0.29) is 23.6 Å². The minimum absolute atomic E-state index is 0.0838. The summed E-state index contributed by atoms with van der Waals surface area (Å²) in [5.41, 5.74) is 3.22. The number of aryl methyl sites for hydroxylation is 1. The number of benzene rings is 2. The summed E-state index contributed by atoms with van der Waals surface area (Å²) < 4.78 is 0.935. The van der Waals surface area contributed by atoms with Gasteiger partial charge in [0.1, 0.15) is 0 Å². The van der Waals surface area contributed by atoms with Crippen molar-refractivity contribution in [3.8, 4) is 5.88 Å². The number of H-pyrrole nitrogens is 1. The Morgan fingerprint density at radius 2 is 2.04 bits per heavy atom. The van der Waals surface area contributed by atoms with Crippen LogP contribution in [0.25, 0.3) is 10.9 Å². The first-order valence-corrected chi connectivity index (χ1v) is 8.85. The van der Waals surface area contributed by atoms with Crippen LogP contribution >= 0.6 is 15.9 Å². The number of hydrogen-bond donors (Lipinski definition) is 2. The second-order valence-corrected chi connectivity index (χ2v) is 7.22. The van der Waals surface area contributed by atoms with Crippen molar-refractivity contribution >= 4 is 38.4 Å². The molecule has 0 radical (unpaired) electrons. The molecule has 2 atom stereocenters. The Morgan fingerprint density at radius 3 is 2.80 bits per heavy atom. The van der Waals surface area contributed by atoms with Crippen LogP contribution in [-0.2, 0) is 4.79 Å². The second kappa shape index (κ2) is 6.11. The minimum Gasteiger partial charge on any atom is -0.493 e. The number of amides is 1. The van der Waals surface area contributed by atoms with Crippen LogP contribution in [0.5, 0.6) is 5.88 Å². The van der Waals surface area contributed by atoms with Gasteiger partial charge in [0.25, 0.3) is 5.91 Å². The van der Waals surface area contributed by atoms with Crippen molar-refractivity contribution in [1.82, 2.24) is 4.98 Å². The van der Waals surface area contributed by atoms with Crippen LogP contribution in [-0.4, -0.2) is 16.0 Å². The van der Waals surface area contributed by atoms with E-state index in [1.54, 1.807) is 0 Å². The SMILES string of the molecule is Cc1cc2c(N=NC(=O)C3CC3c3ccccc3)c(O)[nH]c2cc1Br. The first-order chi connectivity index (χ1) is 12.0. The monoisotopic (exact) mass is 397 g/mol. The van der Waals surface area contributed by atoms with Gasteiger partial charge in [-0.3, -0.25) is 4.79 Å². The quantitative estimate of drug-likeness (QED) is 0.583. The first kappa shape index (κ1) is 16.0. The largest absolute Gasteiger partial charge is 0.493 e. The van der Waals surface area contributed by atoms with Crippen molar-refractivity contribution in [3.63, 3.8) is 0 Å². The molecule has 2 aromatic carbocycles. The van der Waals surface area contributed by atoms with Crippen LogP contribution in [0.1, 0.15) is 23.5 Å². The lowest BCUT2D eigenvalue weighted by Gasteiger charge is -1.98. The molecule has 1 amide bonds. The predicted molar refractivity (Wildman–Crippen MR) is 99.2 cm³/mol. The molecule has 2 unspecified atom stereocenters. The van der Waals surface area contributed by atoms with Gasteiger partial charge in [0.05, 0.1) is 5.52 Å². The number of nitrogens with zero attached hydrogens (tertiary/aromatic N) is 2. The van der Waals surface area contributed by atoms with E-state index in [1.165, 1.54) is 0 Å². The summed E-state index contributed by atoms with van der Waals surface area (Å²) in [5, 5.41) is 18.7. The summed E-state index contributed by atoms with van der Waals surface area (Å²) >= 11 is 3.46. The molecule has 1 fully saturated rings. The Morgan fingerprint density at radius 1 is 1.28 bits per heavy atom. The number of carbonyl (C=O) groups excluding carboxylic acids is 1. The summed E-state index contributed by atoms with van der Waals surface area (Å²) in [6, 6.07) is 13.7. The maximum atomic E-state index is 12.3. The lowest BCUT2D eigenvalue weighted by molar-refractivity contribution is -0.119. The number of fused-ring (bicyclic) bond motifs is 1. The van der Waals surface area contributed by atoms with E-state index in [1.807, 2.05) is 49.4 Å². The number of aromatic hydroxyl groups is 1. The van der Waals surface area contributed by atoms with Crippen LogP contribution in [0, 0.1) is 12.8 Å². The molecule has 0 bridgehead atoms. The van der Waals surface area contributed by atoms with Crippen molar-refractivity contribution in [2.45, 2.75) is 19.3 Å². The van der Waals surface area contributed by atoms with Crippen LogP contribution in [0.15, 0.2) is 57.2 Å². The summed E-state index contributed by atoms with van der Waals surface area (Å²) in [4.78, 5) is 15.2. The maximum absolute atomic E-state index is 12.3. The number of aromatic nitrogens is 1. The Kier molecular flexibility index (Phi) is 3.92. The highest BCUT2D eigenvalue weighted by Gasteiger charge is 2.44. The van der Waals surface area contributed by atoms with Gasteiger partial charge in [-0.15, -0.1) is 10.2 Å². The minimum atomic E-state index is -0.239. The first-order valence-electron chi connectivity index (χ1n) is 8.06. The van der Waals surface area contributed by atoms with Gasteiger partial charge in [0.2, 0.25) is 5.88 Å². The van der Waals surface area contributed by atoms with E-state index in [0.29, 0.717) is 5.69 Å². The van der Waals surface area contributed by atoms with E-state index in [4.69, 9.17) is 0 Å². The molecule has 6 heteroatoms. The molecular formula is C19H16BrN3O2. The third-order valence-corrected chi connectivity index (χ3v) is 5.47. The number of aromatic amines is 1. The highest BCUT2D eigenvalue weighted by molar-refractivity contribution is 9.10. The highest BCUT2D eigenvalue weighted by Crippen LogP contribution is 2.48. The zero-order valence-electron chi connectivity index (χ0n) is 13.5. The third kappa shape index (κ3) is 2.98. The lowest BCUT2D eigenvalue weighted by Crippen LogP contribution is -1.96. The molecule has 3 aromatic rings. The Bertz CT molecular complexity index is 995. The second-order valence-electron chi connectivity index (χ2n) is 6.37. The molecule has 1 heterocycles. The average Bonchev–Trinajstić information content (AvgIpc) is 3.35. The summed E-state index contributed by atoms with van der Waals surface area (Å²) in [7, 11) is 0.